The van der Waals surface area contributed by atoms with Crippen molar-refractivity contribution in [2.75, 3.05) is 6.26 Å². The Bertz CT molecular complexity index is 1050. The van der Waals surface area contributed by atoms with Crippen molar-refractivity contribution in [2.45, 2.75) is 102 Å². The lowest BCUT2D eigenvalue weighted by molar-refractivity contribution is -0.00924. The number of nitrogens with zero attached hydrogens (tertiary/aromatic N) is 4. The van der Waals surface area contributed by atoms with Crippen molar-refractivity contribution in [3.05, 3.63) is 34.0 Å². The molecular formula is C24H34N4O4S2. The smallest absolute Gasteiger partial charge is 0.316 e. The van der Waals surface area contributed by atoms with Gasteiger partial charge in [0, 0.05) is 35.8 Å². The lowest BCUT2D eigenvalue weighted by Crippen LogP contribution is -2.48. The van der Waals surface area contributed by atoms with Crippen molar-refractivity contribution in [3.63, 3.8) is 0 Å². The second kappa shape index (κ2) is 10.2. The van der Waals surface area contributed by atoms with E-state index in [2.05, 4.69) is 22.3 Å². The van der Waals surface area contributed by atoms with E-state index in [1.165, 1.54) is 11.3 Å². The largest absolute Gasteiger partial charge is 0.460 e. The van der Waals surface area contributed by atoms with Crippen LogP contribution in [0.2, 0.25) is 0 Å². The maximum atomic E-state index is 12.1. The molecule has 0 radical (unpaired) electrons. The van der Waals surface area contributed by atoms with E-state index in [1.807, 2.05) is 12.4 Å². The minimum Gasteiger partial charge on any atom is -0.460 e. The van der Waals surface area contributed by atoms with Gasteiger partial charge in [-0.1, -0.05) is 6.92 Å². The fourth-order valence-electron chi connectivity index (χ4n) is 5.70. The van der Waals surface area contributed by atoms with Gasteiger partial charge >= 0.3 is 6.01 Å². The Morgan fingerprint density at radius 3 is 2.32 bits per heavy atom. The van der Waals surface area contributed by atoms with Gasteiger partial charge in [0.25, 0.3) is 0 Å². The molecule has 0 amide bonds. The van der Waals surface area contributed by atoms with Gasteiger partial charge in [0.15, 0.2) is 0 Å². The van der Waals surface area contributed by atoms with Crippen LogP contribution in [0.4, 0.5) is 0 Å². The lowest BCUT2D eigenvalue weighted by atomic mass is 9.88. The maximum absolute atomic E-state index is 12.1. The highest BCUT2D eigenvalue weighted by atomic mass is 32.2. The minimum atomic E-state index is -3.13. The monoisotopic (exact) mass is 506 g/mol. The maximum Gasteiger partial charge on any atom is 0.316 e. The first kappa shape index (κ1) is 24.1. The summed E-state index contributed by atoms with van der Waals surface area (Å²) in [5.41, 5.74) is 2.10. The Balaban J connectivity index is 1.08. The molecule has 2 bridgehead atoms. The summed E-state index contributed by atoms with van der Waals surface area (Å²) in [5.74, 6) is 0.468. The second-order valence-corrected chi connectivity index (χ2v) is 12.7. The first-order chi connectivity index (χ1) is 16.4. The average molecular weight is 507 g/mol. The molecule has 2 aromatic rings. The number of thiazole rings is 1. The molecular weight excluding hydrogens is 472 g/mol. The number of aromatic nitrogens is 3. The van der Waals surface area contributed by atoms with E-state index in [0.717, 1.165) is 69.0 Å². The van der Waals surface area contributed by atoms with Gasteiger partial charge in [0.05, 0.1) is 29.7 Å². The molecule has 10 heteroatoms. The van der Waals surface area contributed by atoms with Crippen molar-refractivity contribution in [3.8, 4) is 6.01 Å². The van der Waals surface area contributed by atoms with Gasteiger partial charge in [0.2, 0.25) is 10.0 Å². The highest BCUT2D eigenvalue weighted by molar-refractivity contribution is 7.88. The quantitative estimate of drug-likeness (QED) is 0.533. The fourth-order valence-corrected chi connectivity index (χ4v) is 8.15. The summed E-state index contributed by atoms with van der Waals surface area (Å²) in [5, 5.41) is 3.30. The molecule has 0 unspecified atom stereocenters. The third-order valence-electron chi connectivity index (χ3n) is 7.43. The summed E-state index contributed by atoms with van der Waals surface area (Å²) in [7, 11) is -3.13. The Labute approximate surface area is 206 Å². The van der Waals surface area contributed by atoms with Crippen molar-refractivity contribution >= 4 is 21.4 Å². The summed E-state index contributed by atoms with van der Waals surface area (Å²) < 4.78 is 38.1. The predicted molar refractivity (Wildman–Crippen MR) is 130 cm³/mol. The van der Waals surface area contributed by atoms with Crippen LogP contribution in [0.3, 0.4) is 0 Å². The molecule has 3 atom stereocenters. The number of piperidine rings is 1. The van der Waals surface area contributed by atoms with Crippen LogP contribution in [0.1, 0.15) is 80.5 Å². The molecule has 2 saturated heterocycles. The van der Waals surface area contributed by atoms with Crippen LogP contribution >= 0.6 is 11.3 Å². The third kappa shape index (κ3) is 5.45. The highest BCUT2D eigenvalue weighted by Gasteiger charge is 2.45. The Hall–Kier alpha value is -1.62. The number of rotatable bonds is 8. The molecule has 1 aliphatic carbocycles. The van der Waals surface area contributed by atoms with Gasteiger partial charge in [-0.3, -0.25) is 0 Å². The third-order valence-corrected chi connectivity index (χ3v) is 9.85. The van der Waals surface area contributed by atoms with Crippen LogP contribution in [0.25, 0.3) is 0 Å². The zero-order chi connectivity index (χ0) is 23.7. The second-order valence-electron chi connectivity index (χ2n) is 9.88. The molecule has 2 aromatic heterocycles. The molecule has 0 spiro atoms. The van der Waals surface area contributed by atoms with E-state index in [4.69, 9.17) is 14.5 Å². The van der Waals surface area contributed by atoms with E-state index in [1.54, 1.807) is 15.6 Å². The van der Waals surface area contributed by atoms with Crippen LogP contribution in [-0.2, 0) is 27.8 Å². The van der Waals surface area contributed by atoms with E-state index >= 15 is 0 Å². The summed E-state index contributed by atoms with van der Waals surface area (Å²) in [6.07, 6.45) is 13.8. The SMILES string of the molecule is CCc1cnc(OC2CCC(c3nc(CO[C@@H]4C[C@H]5CC[C@@H](C4)N5S(C)(=O)=O)cs3)CC2)nc1. The van der Waals surface area contributed by atoms with Crippen LogP contribution in [0, 0.1) is 0 Å². The van der Waals surface area contributed by atoms with Gasteiger partial charge < -0.3 is 9.47 Å². The van der Waals surface area contributed by atoms with Crippen molar-refractivity contribution < 1.29 is 17.9 Å². The molecule has 8 nitrogen and oxygen atoms in total. The molecule has 34 heavy (non-hydrogen) atoms. The molecule has 3 aliphatic rings. The summed E-state index contributed by atoms with van der Waals surface area (Å²) >= 11 is 1.73. The molecule has 5 rings (SSSR count). The van der Waals surface area contributed by atoms with Crippen LogP contribution in [0.15, 0.2) is 17.8 Å². The summed E-state index contributed by atoms with van der Waals surface area (Å²) in [4.78, 5) is 13.5. The number of hydrogen-bond acceptors (Lipinski definition) is 8. The lowest BCUT2D eigenvalue weighted by Gasteiger charge is -2.36. The molecule has 3 fully saturated rings. The number of ether oxygens (including phenoxy) is 2. The predicted octanol–water partition coefficient (Wildman–Crippen LogP) is 4.07. The molecule has 0 aromatic carbocycles. The van der Waals surface area contributed by atoms with Crippen LogP contribution in [-0.4, -0.2) is 58.2 Å². The van der Waals surface area contributed by atoms with E-state index < -0.39 is 10.0 Å². The van der Waals surface area contributed by atoms with Crippen molar-refractivity contribution in [1.82, 2.24) is 19.3 Å². The number of sulfonamides is 1. The van der Waals surface area contributed by atoms with Crippen molar-refractivity contribution in [1.29, 1.82) is 0 Å². The number of hydrogen-bond donors (Lipinski definition) is 0. The van der Waals surface area contributed by atoms with Gasteiger partial charge in [-0.2, -0.15) is 4.31 Å². The standard InChI is InChI=1S/C24H34N4O4S2/c1-3-16-12-25-24(26-13-16)32-21-8-4-17(5-9-21)23-27-18(15-33-23)14-31-22-10-19-6-7-20(11-22)28(19)34(2,29)30/h12-13,15,17,19-22H,3-11,14H2,1-2H3/t17?,19-,20+,21?,22-. The van der Waals surface area contributed by atoms with Gasteiger partial charge in [0.1, 0.15) is 6.10 Å². The minimum absolute atomic E-state index is 0.0946. The Kier molecular flexibility index (Phi) is 7.20. The van der Waals surface area contributed by atoms with Crippen molar-refractivity contribution in [2.24, 2.45) is 0 Å². The van der Waals surface area contributed by atoms with Crippen LogP contribution < -0.4 is 4.74 Å². The number of aryl methyl sites for hydroxylation is 1. The molecule has 2 aliphatic heterocycles. The average Bonchev–Trinajstić information content (AvgIpc) is 3.41. The number of fused-ring (bicyclic) bond motifs is 2. The Morgan fingerprint density at radius 2 is 1.71 bits per heavy atom. The molecule has 0 N–H and O–H groups in total. The molecule has 4 heterocycles. The normalized spacial score (nSPS) is 29.9. The van der Waals surface area contributed by atoms with Gasteiger partial charge in [-0.25, -0.2) is 23.4 Å². The Morgan fingerprint density at radius 1 is 1.03 bits per heavy atom. The van der Waals surface area contributed by atoms with E-state index in [9.17, 15) is 8.42 Å². The highest BCUT2D eigenvalue weighted by Crippen LogP contribution is 2.39. The summed E-state index contributed by atoms with van der Waals surface area (Å²) in [6.45, 7) is 2.59. The van der Waals surface area contributed by atoms with Gasteiger partial charge in [-0.15, -0.1) is 11.3 Å². The van der Waals surface area contributed by atoms with Crippen LogP contribution in [0.5, 0.6) is 6.01 Å². The zero-order valence-electron chi connectivity index (χ0n) is 19.9. The topological polar surface area (TPSA) is 94.5 Å². The zero-order valence-corrected chi connectivity index (χ0v) is 21.6. The van der Waals surface area contributed by atoms with E-state index in [-0.39, 0.29) is 24.3 Å². The summed E-state index contributed by atoms with van der Waals surface area (Å²) in [6, 6.07) is 0.666. The molecule has 186 valence electrons. The van der Waals surface area contributed by atoms with Gasteiger partial charge in [-0.05, 0) is 63.4 Å². The van der Waals surface area contributed by atoms with E-state index in [0.29, 0.717) is 18.5 Å². The first-order valence-corrected chi connectivity index (χ1v) is 15.1. The molecule has 1 saturated carbocycles. The fraction of sp³-hybridized carbons (Fsp3) is 0.708. The first-order valence-electron chi connectivity index (χ1n) is 12.4.